The lowest BCUT2D eigenvalue weighted by atomic mass is 10.2. The largest absolute Gasteiger partial charge is 0.465 e. The lowest BCUT2D eigenvalue weighted by Crippen LogP contribution is -2.28. The van der Waals surface area contributed by atoms with Crippen molar-refractivity contribution in [3.63, 3.8) is 0 Å². The van der Waals surface area contributed by atoms with E-state index in [1.165, 1.54) is 34.6 Å². The van der Waals surface area contributed by atoms with Gasteiger partial charge in [0.2, 0.25) is 0 Å². The first-order valence-electron chi connectivity index (χ1n) is 5.20. The number of carbonyl (C=O) groups is 2. The Labute approximate surface area is 106 Å². The molecular formula is C11H19NO6. The summed E-state index contributed by atoms with van der Waals surface area (Å²) >= 11 is 0. The van der Waals surface area contributed by atoms with Crippen molar-refractivity contribution in [1.82, 2.24) is 5.32 Å². The molecule has 1 N–H and O–H groups in total. The van der Waals surface area contributed by atoms with Crippen LogP contribution >= 0.6 is 0 Å². The van der Waals surface area contributed by atoms with Gasteiger partial charge in [-0.15, -0.1) is 0 Å². The molecule has 7 heteroatoms. The van der Waals surface area contributed by atoms with Gasteiger partial charge in [0.15, 0.2) is 12.1 Å². The van der Waals surface area contributed by atoms with Crippen molar-refractivity contribution < 1.29 is 28.5 Å². The van der Waals surface area contributed by atoms with Crippen LogP contribution in [0, 0.1) is 0 Å². The molecule has 18 heavy (non-hydrogen) atoms. The van der Waals surface area contributed by atoms with Crippen LogP contribution in [0.25, 0.3) is 0 Å². The Balaban J connectivity index is 4.56. The monoisotopic (exact) mass is 261 g/mol. The minimum atomic E-state index is -0.726. The molecule has 0 aromatic rings. The predicted molar refractivity (Wildman–Crippen MR) is 62.8 cm³/mol. The van der Waals surface area contributed by atoms with Crippen LogP contribution in [-0.4, -0.2) is 59.6 Å². The molecule has 0 aromatic carbocycles. The lowest BCUT2D eigenvalue weighted by Gasteiger charge is -2.13. The molecule has 0 heterocycles. The zero-order valence-corrected chi connectivity index (χ0v) is 11.0. The first-order valence-corrected chi connectivity index (χ1v) is 5.20. The van der Waals surface area contributed by atoms with E-state index >= 15 is 0 Å². The average Bonchev–Trinajstić information content (AvgIpc) is 2.38. The summed E-state index contributed by atoms with van der Waals surface area (Å²) in [6, 6.07) is 0. The Hall–Kier alpha value is -1.44. The number of hydrogen-bond donors (Lipinski definition) is 1. The summed E-state index contributed by atoms with van der Waals surface area (Å²) in [4.78, 5) is 22.9. The van der Waals surface area contributed by atoms with E-state index in [1.54, 1.807) is 0 Å². The minimum Gasteiger partial charge on any atom is -0.465 e. The summed E-state index contributed by atoms with van der Waals surface area (Å²) in [5, 5.41) is 2.75. The maximum atomic E-state index is 11.6. The van der Waals surface area contributed by atoms with Gasteiger partial charge in [0.05, 0.1) is 13.7 Å². The first-order chi connectivity index (χ1) is 8.60. The van der Waals surface area contributed by atoms with Gasteiger partial charge in [-0.3, -0.25) is 4.79 Å². The summed E-state index contributed by atoms with van der Waals surface area (Å²) < 4.78 is 19.1. The quantitative estimate of drug-likeness (QED) is 0.196. The molecule has 0 spiro atoms. The van der Waals surface area contributed by atoms with Gasteiger partial charge in [0.25, 0.3) is 0 Å². The van der Waals surface area contributed by atoms with Gasteiger partial charge >= 0.3 is 5.97 Å². The maximum absolute atomic E-state index is 11.6. The lowest BCUT2D eigenvalue weighted by molar-refractivity contribution is -0.138. The van der Waals surface area contributed by atoms with Crippen molar-refractivity contribution in [3.05, 3.63) is 11.8 Å². The van der Waals surface area contributed by atoms with Gasteiger partial charge in [0.1, 0.15) is 12.2 Å². The molecule has 0 bridgehead atoms. The van der Waals surface area contributed by atoms with Gasteiger partial charge in [-0.1, -0.05) is 0 Å². The number of rotatable bonds is 9. The number of esters is 1. The molecule has 0 radical (unpaired) electrons. The fraction of sp³-hybridized carbons (Fsp3) is 0.636. The van der Waals surface area contributed by atoms with Gasteiger partial charge in [-0.05, 0) is 0 Å². The second kappa shape index (κ2) is 9.58. The summed E-state index contributed by atoms with van der Waals surface area (Å²) in [5.74, 6) is -1.20. The molecule has 0 aliphatic heterocycles. The van der Waals surface area contributed by atoms with Crippen LogP contribution in [0.4, 0.5) is 0 Å². The fourth-order valence-electron chi connectivity index (χ4n) is 1.09. The minimum absolute atomic E-state index is 0.120. The molecule has 0 aliphatic carbocycles. The number of ether oxygens (including phenoxy) is 4. The van der Waals surface area contributed by atoms with Crippen LogP contribution in [0.1, 0.15) is 0 Å². The Morgan fingerprint density at radius 3 is 2.22 bits per heavy atom. The Morgan fingerprint density at radius 2 is 1.78 bits per heavy atom. The molecular weight excluding hydrogens is 242 g/mol. The number of nitrogens with one attached hydrogen (secondary N) is 1. The summed E-state index contributed by atoms with van der Waals surface area (Å²) in [6.45, 7) is 0.0916. The van der Waals surface area contributed by atoms with Crippen molar-refractivity contribution in [2.75, 3.05) is 41.6 Å². The number of carbonyl (C=O) groups excluding carboxylic acids is 2. The van der Waals surface area contributed by atoms with Crippen LogP contribution < -0.4 is 5.32 Å². The Morgan fingerprint density at radius 1 is 1.17 bits per heavy atom. The summed E-state index contributed by atoms with van der Waals surface area (Å²) in [7, 11) is 5.53. The van der Waals surface area contributed by atoms with Crippen molar-refractivity contribution in [2.45, 2.75) is 6.29 Å². The van der Waals surface area contributed by atoms with E-state index in [2.05, 4.69) is 14.8 Å². The second-order valence-electron chi connectivity index (χ2n) is 3.21. The van der Waals surface area contributed by atoms with Gasteiger partial charge in [-0.2, -0.15) is 0 Å². The van der Waals surface area contributed by atoms with E-state index < -0.39 is 18.0 Å². The normalized spacial score (nSPS) is 11.5. The third-order valence-electron chi connectivity index (χ3n) is 2.04. The van der Waals surface area contributed by atoms with Crippen LogP contribution in [-0.2, 0) is 28.5 Å². The highest BCUT2D eigenvalue weighted by atomic mass is 16.7. The Kier molecular flexibility index (Phi) is 8.81. The molecule has 0 amide bonds. The smallest absolute Gasteiger partial charge is 0.343 e. The topological polar surface area (TPSA) is 83.1 Å². The van der Waals surface area contributed by atoms with Crippen molar-refractivity contribution in [2.24, 2.45) is 0 Å². The van der Waals surface area contributed by atoms with Crippen molar-refractivity contribution in [1.29, 1.82) is 0 Å². The molecule has 7 nitrogen and oxygen atoms in total. The van der Waals surface area contributed by atoms with E-state index in [0.29, 0.717) is 0 Å². The molecule has 0 saturated heterocycles. The highest BCUT2D eigenvalue weighted by Gasteiger charge is 2.18. The average molecular weight is 261 g/mol. The molecule has 0 rings (SSSR count). The van der Waals surface area contributed by atoms with Crippen molar-refractivity contribution in [3.8, 4) is 0 Å². The van der Waals surface area contributed by atoms with E-state index in [9.17, 15) is 9.59 Å². The first kappa shape index (κ1) is 16.6. The highest BCUT2D eigenvalue weighted by Crippen LogP contribution is 1.99. The van der Waals surface area contributed by atoms with Gasteiger partial charge in [0, 0.05) is 27.5 Å². The van der Waals surface area contributed by atoms with Crippen LogP contribution in [0.5, 0.6) is 0 Å². The zero-order chi connectivity index (χ0) is 14.0. The molecule has 0 saturated carbocycles. The Bertz CT molecular complexity index is 298. The van der Waals surface area contributed by atoms with Gasteiger partial charge in [-0.25, -0.2) is 4.79 Å². The summed E-state index contributed by atoms with van der Waals surface area (Å²) in [6.07, 6.45) is 0.788. The van der Waals surface area contributed by atoms with Crippen LogP contribution in [0.15, 0.2) is 11.8 Å². The second-order valence-corrected chi connectivity index (χ2v) is 3.21. The fourth-order valence-corrected chi connectivity index (χ4v) is 1.09. The molecule has 0 atom stereocenters. The third kappa shape index (κ3) is 5.76. The molecule has 0 aromatic heterocycles. The van der Waals surface area contributed by atoms with Crippen LogP contribution in [0.2, 0.25) is 0 Å². The van der Waals surface area contributed by atoms with Gasteiger partial charge < -0.3 is 24.3 Å². The van der Waals surface area contributed by atoms with Crippen LogP contribution in [0.3, 0.4) is 0 Å². The molecule has 104 valence electrons. The summed E-state index contributed by atoms with van der Waals surface area (Å²) in [5.41, 5.74) is -0.120. The van der Waals surface area contributed by atoms with Crippen molar-refractivity contribution >= 4 is 11.8 Å². The highest BCUT2D eigenvalue weighted by molar-refractivity contribution is 6.17. The molecule has 0 unspecified atom stereocenters. The number of ketones is 1. The van der Waals surface area contributed by atoms with E-state index in [-0.39, 0.29) is 18.7 Å². The zero-order valence-electron chi connectivity index (χ0n) is 11.0. The van der Waals surface area contributed by atoms with E-state index in [1.807, 2.05) is 0 Å². The molecule has 0 aliphatic rings. The standard InChI is InChI=1S/C11H19NO6/c1-15-7-9(13)8(11(14)18-4)5-12-6-10(16-2)17-3/h5,10,12H,6-7H2,1-4H3/b8-5-. The number of hydrogen-bond acceptors (Lipinski definition) is 7. The maximum Gasteiger partial charge on any atom is 0.343 e. The van der Waals surface area contributed by atoms with E-state index in [0.717, 1.165) is 0 Å². The third-order valence-corrected chi connectivity index (χ3v) is 2.04. The SMILES string of the molecule is COCC(=O)/C(=C/NCC(OC)OC)C(=O)OC. The number of Topliss-reactive ketones (excluding diaryl/α,β-unsaturated/α-hetero) is 1. The van der Waals surface area contributed by atoms with E-state index in [4.69, 9.17) is 9.47 Å². The molecule has 0 fully saturated rings. The number of methoxy groups -OCH3 is 4. The predicted octanol–water partition coefficient (Wildman–Crippen LogP) is -0.533.